The van der Waals surface area contributed by atoms with Crippen LogP contribution in [0.2, 0.25) is 0 Å². The van der Waals surface area contributed by atoms with Crippen molar-refractivity contribution in [2.24, 2.45) is 0 Å². The molecule has 7 nitrogen and oxygen atoms in total. The molecule has 0 saturated carbocycles. The average Bonchev–Trinajstić information content (AvgIpc) is 3.22. The number of hydrogen-bond acceptors (Lipinski definition) is 6. The van der Waals surface area contributed by atoms with Gasteiger partial charge in [0.05, 0.1) is 5.69 Å². The van der Waals surface area contributed by atoms with Gasteiger partial charge in [-0.1, -0.05) is 30.3 Å². The number of aromatic nitrogens is 5. The summed E-state index contributed by atoms with van der Waals surface area (Å²) < 4.78 is 5.93. The zero-order chi connectivity index (χ0) is 17.4. The number of fused-ring (bicyclic) bond motifs is 1. The lowest BCUT2D eigenvalue weighted by atomic mass is 10.2. The van der Waals surface area contributed by atoms with Gasteiger partial charge in [0.15, 0.2) is 0 Å². The van der Waals surface area contributed by atoms with E-state index >= 15 is 0 Å². The summed E-state index contributed by atoms with van der Waals surface area (Å²) in [5.41, 5.74) is 3.52. The molecule has 0 atom stereocenters. The van der Waals surface area contributed by atoms with Crippen LogP contribution in [0.4, 0.5) is 5.00 Å². The Morgan fingerprint density at radius 3 is 2.72 bits per heavy atom. The standard InChI is InChI=1S/C17H14N6OS/c1-10-8-11(2)23-17(18-10)20-15(21-23)16(24)19-14-9-13(22-25-14)12-6-4-3-5-7-12/h3-9H,1-2H3,(H,19,24). The van der Waals surface area contributed by atoms with Crippen molar-refractivity contribution in [2.45, 2.75) is 13.8 Å². The average molecular weight is 350 g/mol. The molecule has 8 heteroatoms. The van der Waals surface area contributed by atoms with Crippen molar-refractivity contribution in [1.29, 1.82) is 0 Å². The Hall–Kier alpha value is -3.13. The maximum atomic E-state index is 12.4. The number of hydrogen-bond donors (Lipinski definition) is 1. The van der Waals surface area contributed by atoms with Gasteiger partial charge in [0.25, 0.3) is 11.7 Å². The second-order valence-corrected chi connectivity index (χ2v) is 6.39. The Morgan fingerprint density at radius 2 is 1.92 bits per heavy atom. The third kappa shape index (κ3) is 2.99. The van der Waals surface area contributed by atoms with Gasteiger partial charge in [-0.25, -0.2) is 9.50 Å². The van der Waals surface area contributed by atoms with Crippen LogP contribution in [0.1, 0.15) is 22.0 Å². The molecule has 1 aromatic carbocycles. The molecule has 0 radical (unpaired) electrons. The van der Waals surface area contributed by atoms with Crippen molar-refractivity contribution in [3.63, 3.8) is 0 Å². The number of carbonyl (C=O) groups is 1. The van der Waals surface area contributed by atoms with E-state index in [0.717, 1.165) is 22.6 Å². The van der Waals surface area contributed by atoms with Crippen LogP contribution in [-0.2, 0) is 0 Å². The lowest BCUT2D eigenvalue weighted by Gasteiger charge is -1.97. The topological polar surface area (TPSA) is 85.1 Å². The first-order valence-electron chi connectivity index (χ1n) is 7.65. The summed E-state index contributed by atoms with van der Waals surface area (Å²) in [6, 6.07) is 13.5. The predicted octanol–water partition coefficient (Wildman–Crippen LogP) is 3.12. The van der Waals surface area contributed by atoms with Crippen LogP contribution in [0.25, 0.3) is 17.0 Å². The lowest BCUT2D eigenvalue weighted by Crippen LogP contribution is -2.13. The van der Waals surface area contributed by atoms with E-state index in [1.54, 1.807) is 4.52 Å². The molecule has 3 aromatic heterocycles. The lowest BCUT2D eigenvalue weighted by molar-refractivity contribution is 0.101. The molecule has 4 rings (SSSR count). The van der Waals surface area contributed by atoms with E-state index < -0.39 is 0 Å². The summed E-state index contributed by atoms with van der Waals surface area (Å²) in [6.45, 7) is 3.78. The highest BCUT2D eigenvalue weighted by atomic mass is 32.1. The fourth-order valence-electron chi connectivity index (χ4n) is 2.51. The Labute approximate surface area is 147 Å². The van der Waals surface area contributed by atoms with E-state index in [4.69, 9.17) is 0 Å². The molecule has 0 spiro atoms. The molecule has 0 saturated heterocycles. The van der Waals surface area contributed by atoms with E-state index in [2.05, 4.69) is 24.8 Å². The maximum absolute atomic E-state index is 12.4. The fraction of sp³-hybridized carbons (Fsp3) is 0.118. The van der Waals surface area contributed by atoms with Crippen LogP contribution in [-0.4, -0.2) is 29.9 Å². The number of aryl methyl sites for hydroxylation is 2. The first-order chi connectivity index (χ1) is 12.1. The summed E-state index contributed by atoms with van der Waals surface area (Å²) in [5.74, 6) is 0.110. The van der Waals surface area contributed by atoms with Crippen LogP contribution in [0.15, 0.2) is 42.5 Å². The minimum absolute atomic E-state index is 0.0795. The zero-order valence-electron chi connectivity index (χ0n) is 13.6. The molecule has 0 bridgehead atoms. The molecule has 0 fully saturated rings. The van der Waals surface area contributed by atoms with Gasteiger partial charge in [-0.2, -0.15) is 9.36 Å². The number of rotatable bonds is 3. The molecule has 25 heavy (non-hydrogen) atoms. The Kier molecular flexibility index (Phi) is 3.73. The smallest absolute Gasteiger partial charge is 0.296 e. The number of nitrogens with one attached hydrogen (secondary N) is 1. The van der Waals surface area contributed by atoms with Crippen molar-refractivity contribution >= 4 is 28.2 Å². The summed E-state index contributed by atoms with van der Waals surface area (Å²) in [6.07, 6.45) is 0. The van der Waals surface area contributed by atoms with Crippen LogP contribution >= 0.6 is 11.5 Å². The number of anilines is 1. The molecule has 1 N–H and O–H groups in total. The van der Waals surface area contributed by atoms with Crippen molar-refractivity contribution in [2.75, 3.05) is 5.32 Å². The Bertz CT molecular complexity index is 1070. The predicted molar refractivity (Wildman–Crippen MR) is 95.8 cm³/mol. The second kappa shape index (κ2) is 6.06. The monoisotopic (exact) mass is 350 g/mol. The minimum atomic E-state index is -0.384. The first-order valence-corrected chi connectivity index (χ1v) is 8.42. The van der Waals surface area contributed by atoms with Gasteiger partial charge in [0.2, 0.25) is 5.82 Å². The minimum Gasteiger partial charge on any atom is -0.309 e. The van der Waals surface area contributed by atoms with Crippen molar-refractivity contribution in [3.8, 4) is 11.3 Å². The molecular formula is C17H14N6OS. The molecule has 4 aromatic rings. The molecule has 0 aliphatic carbocycles. The van der Waals surface area contributed by atoms with E-state index in [-0.39, 0.29) is 11.7 Å². The van der Waals surface area contributed by atoms with Crippen LogP contribution in [0.3, 0.4) is 0 Å². The molecule has 124 valence electrons. The van der Waals surface area contributed by atoms with Gasteiger partial charge in [-0.05, 0) is 31.4 Å². The third-order valence-electron chi connectivity index (χ3n) is 3.64. The van der Waals surface area contributed by atoms with Gasteiger partial charge < -0.3 is 5.32 Å². The van der Waals surface area contributed by atoms with E-state index in [9.17, 15) is 4.79 Å². The second-order valence-electron chi connectivity index (χ2n) is 5.58. The van der Waals surface area contributed by atoms with Crippen molar-refractivity contribution in [1.82, 2.24) is 24.0 Å². The number of carbonyl (C=O) groups excluding carboxylic acids is 1. The highest BCUT2D eigenvalue weighted by Crippen LogP contribution is 2.25. The molecule has 3 heterocycles. The van der Waals surface area contributed by atoms with Crippen LogP contribution in [0, 0.1) is 13.8 Å². The highest BCUT2D eigenvalue weighted by molar-refractivity contribution is 7.10. The summed E-state index contributed by atoms with van der Waals surface area (Å²) in [4.78, 5) is 20.9. The quantitative estimate of drug-likeness (QED) is 0.613. The SMILES string of the molecule is Cc1cc(C)n2nc(C(=O)Nc3cc(-c4ccccc4)ns3)nc2n1. The molecule has 0 aliphatic heterocycles. The first kappa shape index (κ1) is 15.4. The van der Waals surface area contributed by atoms with Gasteiger partial charge >= 0.3 is 0 Å². The van der Waals surface area contributed by atoms with E-state index in [1.165, 1.54) is 11.5 Å². The molecular weight excluding hydrogens is 336 g/mol. The van der Waals surface area contributed by atoms with Crippen molar-refractivity contribution in [3.05, 3.63) is 59.7 Å². The number of benzene rings is 1. The van der Waals surface area contributed by atoms with Gasteiger partial charge in [0.1, 0.15) is 5.00 Å². The van der Waals surface area contributed by atoms with E-state index in [0.29, 0.717) is 10.8 Å². The van der Waals surface area contributed by atoms with Gasteiger partial charge in [-0.3, -0.25) is 4.79 Å². The van der Waals surface area contributed by atoms with Crippen molar-refractivity contribution < 1.29 is 4.79 Å². The molecule has 0 aliphatic rings. The zero-order valence-corrected chi connectivity index (χ0v) is 14.4. The number of amides is 1. The van der Waals surface area contributed by atoms with Crippen LogP contribution < -0.4 is 5.32 Å². The Balaban J connectivity index is 1.58. The maximum Gasteiger partial charge on any atom is 0.296 e. The molecule has 0 unspecified atom stereocenters. The highest BCUT2D eigenvalue weighted by Gasteiger charge is 2.16. The Morgan fingerprint density at radius 1 is 1.12 bits per heavy atom. The molecule has 1 amide bonds. The largest absolute Gasteiger partial charge is 0.309 e. The van der Waals surface area contributed by atoms with Gasteiger partial charge in [-0.15, -0.1) is 5.10 Å². The number of nitrogens with zero attached hydrogens (tertiary/aromatic N) is 5. The summed E-state index contributed by atoms with van der Waals surface area (Å²) in [7, 11) is 0. The van der Waals surface area contributed by atoms with Crippen LogP contribution in [0.5, 0.6) is 0 Å². The van der Waals surface area contributed by atoms with Gasteiger partial charge in [0, 0.05) is 23.0 Å². The van der Waals surface area contributed by atoms with E-state index in [1.807, 2.05) is 56.3 Å². The summed E-state index contributed by atoms with van der Waals surface area (Å²) in [5, 5.41) is 7.67. The summed E-state index contributed by atoms with van der Waals surface area (Å²) >= 11 is 1.22. The normalized spacial score (nSPS) is 11.0. The third-order valence-corrected chi connectivity index (χ3v) is 4.34. The fourth-order valence-corrected chi connectivity index (χ4v) is 3.17.